The molecule has 0 unspecified atom stereocenters. The van der Waals surface area contributed by atoms with Crippen molar-refractivity contribution in [3.8, 4) is 17.6 Å². The number of benzene rings is 2. The number of aliphatic hydroxyl groups excluding tert-OH is 1. The van der Waals surface area contributed by atoms with E-state index in [2.05, 4.69) is 26.2 Å². The molecule has 0 aliphatic carbocycles. The first-order valence-corrected chi connectivity index (χ1v) is 11.7. The lowest BCUT2D eigenvalue weighted by Gasteiger charge is -2.18. The molecule has 182 valence electrons. The molecule has 1 aromatic heterocycles. The van der Waals surface area contributed by atoms with Crippen LogP contribution < -0.4 is 14.8 Å². The maximum Gasteiger partial charge on any atom is 0.323 e. The first-order chi connectivity index (χ1) is 16.8. The molecule has 10 heteroatoms. The number of rotatable bonds is 11. The van der Waals surface area contributed by atoms with E-state index in [0.717, 1.165) is 15.6 Å². The number of nitriles is 1. The molecule has 35 heavy (non-hydrogen) atoms. The van der Waals surface area contributed by atoms with Crippen LogP contribution >= 0.6 is 27.5 Å². The van der Waals surface area contributed by atoms with Crippen molar-refractivity contribution < 1.29 is 24.5 Å². The van der Waals surface area contributed by atoms with Crippen molar-refractivity contribution in [1.82, 2.24) is 10.3 Å². The highest BCUT2D eigenvalue weighted by Crippen LogP contribution is 2.34. The molecule has 0 spiro atoms. The second-order valence-electron chi connectivity index (χ2n) is 7.64. The van der Waals surface area contributed by atoms with Crippen molar-refractivity contribution in [2.45, 2.75) is 32.7 Å². The number of ether oxygens (including phenoxy) is 2. The number of nitrogens with zero attached hydrogens (tertiary/aromatic N) is 2. The van der Waals surface area contributed by atoms with Crippen molar-refractivity contribution in [3.05, 3.63) is 86.1 Å². The SMILES string of the molecule is Cc1c(Br)cccc1COc1cc(OCc2cncc(C#N)c2)c(CN[C@H](CO)C(=O)O)cc1Cl. The van der Waals surface area contributed by atoms with Crippen LogP contribution in [-0.4, -0.2) is 33.8 Å². The van der Waals surface area contributed by atoms with Crippen LogP contribution in [0.4, 0.5) is 0 Å². The van der Waals surface area contributed by atoms with Gasteiger partial charge in [-0.1, -0.05) is 39.7 Å². The Labute approximate surface area is 216 Å². The Balaban J connectivity index is 1.85. The average molecular weight is 561 g/mol. The van der Waals surface area contributed by atoms with Crippen LogP contribution in [0.5, 0.6) is 11.5 Å². The van der Waals surface area contributed by atoms with E-state index in [0.29, 0.717) is 33.2 Å². The monoisotopic (exact) mass is 559 g/mol. The summed E-state index contributed by atoms with van der Waals surface area (Å²) in [5.74, 6) is -0.372. The minimum atomic E-state index is -1.18. The van der Waals surface area contributed by atoms with Crippen molar-refractivity contribution in [1.29, 1.82) is 5.26 Å². The normalized spacial score (nSPS) is 11.5. The summed E-state index contributed by atoms with van der Waals surface area (Å²) in [5.41, 5.74) is 3.70. The highest BCUT2D eigenvalue weighted by Gasteiger charge is 2.18. The molecule has 2 aromatic carbocycles. The van der Waals surface area contributed by atoms with Crippen molar-refractivity contribution >= 4 is 33.5 Å². The third-order valence-corrected chi connectivity index (χ3v) is 6.37. The predicted octanol–water partition coefficient (Wildman–Crippen LogP) is 4.37. The predicted molar refractivity (Wildman–Crippen MR) is 133 cm³/mol. The van der Waals surface area contributed by atoms with Gasteiger partial charge in [0, 0.05) is 40.6 Å². The van der Waals surface area contributed by atoms with Gasteiger partial charge in [-0.3, -0.25) is 15.1 Å². The fourth-order valence-corrected chi connectivity index (χ4v) is 3.82. The van der Waals surface area contributed by atoms with Gasteiger partial charge < -0.3 is 19.7 Å². The van der Waals surface area contributed by atoms with Crippen LogP contribution in [0.25, 0.3) is 0 Å². The van der Waals surface area contributed by atoms with Crippen LogP contribution in [0.3, 0.4) is 0 Å². The number of aromatic nitrogens is 1. The Kier molecular flexibility index (Phi) is 9.46. The van der Waals surface area contributed by atoms with E-state index in [1.165, 1.54) is 6.20 Å². The molecule has 0 radical (unpaired) electrons. The zero-order valence-corrected chi connectivity index (χ0v) is 21.1. The Hall–Kier alpha value is -3.16. The lowest BCUT2D eigenvalue weighted by molar-refractivity contribution is -0.140. The summed E-state index contributed by atoms with van der Waals surface area (Å²) in [4.78, 5) is 15.3. The summed E-state index contributed by atoms with van der Waals surface area (Å²) in [7, 11) is 0. The summed E-state index contributed by atoms with van der Waals surface area (Å²) >= 11 is 9.99. The number of aliphatic carboxylic acids is 1. The van der Waals surface area contributed by atoms with Gasteiger partial charge >= 0.3 is 5.97 Å². The van der Waals surface area contributed by atoms with E-state index in [1.54, 1.807) is 24.4 Å². The molecule has 0 bridgehead atoms. The van der Waals surface area contributed by atoms with Gasteiger partial charge in [-0.25, -0.2) is 0 Å². The van der Waals surface area contributed by atoms with E-state index in [-0.39, 0.29) is 19.8 Å². The lowest BCUT2D eigenvalue weighted by atomic mass is 10.1. The molecular weight excluding hydrogens is 538 g/mol. The highest BCUT2D eigenvalue weighted by atomic mass is 79.9. The Bertz CT molecular complexity index is 1250. The van der Waals surface area contributed by atoms with E-state index in [9.17, 15) is 15.0 Å². The molecule has 0 amide bonds. The number of pyridine rings is 1. The first-order valence-electron chi connectivity index (χ1n) is 10.6. The van der Waals surface area contributed by atoms with E-state index in [4.69, 9.17) is 26.3 Å². The lowest BCUT2D eigenvalue weighted by Crippen LogP contribution is -2.39. The van der Waals surface area contributed by atoms with Gasteiger partial charge in [0.1, 0.15) is 36.8 Å². The topological polar surface area (TPSA) is 125 Å². The van der Waals surface area contributed by atoms with Crippen LogP contribution in [-0.2, 0) is 24.6 Å². The summed E-state index contributed by atoms with van der Waals surface area (Å²) < 4.78 is 13.0. The zero-order valence-electron chi connectivity index (χ0n) is 18.8. The largest absolute Gasteiger partial charge is 0.488 e. The maximum absolute atomic E-state index is 11.3. The van der Waals surface area contributed by atoms with Crippen LogP contribution in [0.15, 0.2) is 53.3 Å². The van der Waals surface area contributed by atoms with Gasteiger partial charge in [0.2, 0.25) is 0 Å². The molecule has 1 atom stereocenters. The molecule has 3 rings (SSSR count). The Morgan fingerprint density at radius 2 is 1.97 bits per heavy atom. The minimum absolute atomic E-state index is 0.0775. The standard InChI is InChI=1S/C25H23BrClN3O5/c1-15-18(3-2-4-20(15)26)14-35-24-7-23(34-13-17-5-16(8-28)9-29-10-17)19(6-21(24)27)11-30-22(12-31)25(32)33/h2-7,9-10,22,30-31H,11-14H2,1H3,(H,32,33)/t22-/m1/s1. The zero-order chi connectivity index (χ0) is 25.4. The second-order valence-corrected chi connectivity index (χ2v) is 8.90. The van der Waals surface area contributed by atoms with Gasteiger partial charge in [-0.05, 0) is 36.2 Å². The van der Waals surface area contributed by atoms with Gasteiger partial charge in [0.05, 0.1) is 17.2 Å². The minimum Gasteiger partial charge on any atom is -0.488 e. The fourth-order valence-electron chi connectivity index (χ4n) is 3.17. The summed E-state index contributed by atoms with van der Waals surface area (Å²) in [6, 6.07) is 11.7. The van der Waals surface area contributed by atoms with Gasteiger partial charge in [-0.2, -0.15) is 5.26 Å². The number of carbonyl (C=O) groups is 1. The van der Waals surface area contributed by atoms with Crippen LogP contribution in [0.2, 0.25) is 5.02 Å². The summed E-state index contributed by atoms with van der Waals surface area (Å²) in [6.07, 6.45) is 3.05. The number of carboxylic acid groups (broad SMARTS) is 1. The smallest absolute Gasteiger partial charge is 0.323 e. The van der Waals surface area contributed by atoms with Gasteiger partial charge in [0.25, 0.3) is 0 Å². The number of aliphatic hydroxyl groups is 1. The molecule has 0 fully saturated rings. The van der Waals surface area contributed by atoms with Crippen molar-refractivity contribution in [2.24, 2.45) is 0 Å². The average Bonchev–Trinajstić information content (AvgIpc) is 2.85. The second kappa shape index (κ2) is 12.5. The van der Waals surface area contributed by atoms with E-state index >= 15 is 0 Å². The molecule has 8 nitrogen and oxygen atoms in total. The highest BCUT2D eigenvalue weighted by molar-refractivity contribution is 9.10. The third-order valence-electron chi connectivity index (χ3n) is 5.22. The number of carboxylic acids is 1. The molecule has 0 saturated heterocycles. The summed E-state index contributed by atoms with van der Waals surface area (Å²) in [5, 5.41) is 30.7. The molecule has 0 aliphatic heterocycles. The van der Waals surface area contributed by atoms with Crippen LogP contribution in [0.1, 0.15) is 27.8 Å². The van der Waals surface area contributed by atoms with Crippen molar-refractivity contribution in [3.63, 3.8) is 0 Å². The molecule has 0 aliphatic rings. The quantitative estimate of drug-likeness (QED) is 0.316. The van der Waals surface area contributed by atoms with Gasteiger partial charge in [-0.15, -0.1) is 0 Å². The number of halogens is 2. The fraction of sp³-hybridized carbons (Fsp3) is 0.240. The number of hydrogen-bond donors (Lipinski definition) is 3. The Morgan fingerprint density at radius 1 is 1.20 bits per heavy atom. The van der Waals surface area contributed by atoms with E-state index in [1.807, 2.05) is 31.2 Å². The molecular formula is C25H23BrClN3O5. The third kappa shape index (κ3) is 7.16. The van der Waals surface area contributed by atoms with Gasteiger partial charge in [0.15, 0.2) is 0 Å². The van der Waals surface area contributed by atoms with Crippen molar-refractivity contribution in [2.75, 3.05) is 6.61 Å². The molecule has 1 heterocycles. The Morgan fingerprint density at radius 3 is 2.69 bits per heavy atom. The first kappa shape index (κ1) is 26.4. The number of hydrogen-bond acceptors (Lipinski definition) is 7. The number of nitrogens with one attached hydrogen (secondary N) is 1. The van der Waals surface area contributed by atoms with Crippen LogP contribution in [0, 0.1) is 18.3 Å². The van der Waals surface area contributed by atoms with E-state index < -0.39 is 18.6 Å². The molecule has 0 saturated carbocycles. The summed E-state index contributed by atoms with van der Waals surface area (Å²) in [6.45, 7) is 1.88. The molecule has 3 N–H and O–H groups in total. The molecule has 3 aromatic rings. The maximum atomic E-state index is 11.3.